The zero-order valence-electron chi connectivity index (χ0n) is 10.4. The largest absolute Gasteiger partial charge is 0.494 e. The van der Waals surface area contributed by atoms with Crippen LogP contribution in [0.5, 0.6) is 5.88 Å². The van der Waals surface area contributed by atoms with E-state index < -0.39 is 5.91 Å². The number of rotatable bonds is 1. The lowest BCUT2D eigenvalue weighted by molar-refractivity contribution is -0.113. The molecule has 0 aliphatic carbocycles. The number of aliphatic imine (C=N–C) groups is 1. The summed E-state index contributed by atoms with van der Waals surface area (Å²) >= 11 is 4.82. The molecule has 0 radical (unpaired) electrons. The highest BCUT2D eigenvalue weighted by molar-refractivity contribution is 7.80. The standard InChI is InChI=1S/C13H9N3O3S/c1-6(17)16-8-5-3-2-4-7(8)9(12(16)19)10-11(18)15-13(20)14-10/h2-5,19H,1H3,(H,15,18,20). The molecule has 2 N–H and O–H groups in total. The zero-order chi connectivity index (χ0) is 14.4. The van der Waals surface area contributed by atoms with E-state index in [0.717, 1.165) is 4.57 Å². The van der Waals surface area contributed by atoms with Gasteiger partial charge in [-0.15, -0.1) is 0 Å². The van der Waals surface area contributed by atoms with E-state index in [9.17, 15) is 14.7 Å². The van der Waals surface area contributed by atoms with Gasteiger partial charge in [0.15, 0.2) is 0 Å². The second kappa shape index (κ2) is 4.24. The molecule has 1 amide bonds. The first-order valence-corrected chi connectivity index (χ1v) is 6.19. The van der Waals surface area contributed by atoms with Crippen LogP contribution < -0.4 is 5.32 Å². The number of nitrogens with one attached hydrogen (secondary N) is 1. The van der Waals surface area contributed by atoms with Gasteiger partial charge in [-0.05, 0) is 18.3 Å². The number of aromatic nitrogens is 1. The smallest absolute Gasteiger partial charge is 0.277 e. The lowest BCUT2D eigenvalue weighted by Gasteiger charge is -2.01. The van der Waals surface area contributed by atoms with Crippen molar-refractivity contribution >= 4 is 45.8 Å². The molecule has 7 heteroatoms. The number of nitrogens with zero attached hydrogens (tertiary/aromatic N) is 2. The number of amides is 1. The summed E-state index contributed by atoms with van der Waals surface area (Å²) < 4.78 is 1.14. The number of carbonyl (C=O) groups is 2. The summed E-state index contributed by atoms with van der Waals surface area (Å²) in [5.41, 5.74) is 0.748. The summed E-state index contributed by atoms with van der Waals surface area (Å²) in [6.45, 7) is 1.33. The molecule has 6 nitrogen and oxygen atoms in total. The number of aromatic hydroxyl groups is 1. The van der Waals surface area contributed by atoms with Crippen molar-refractivity contribution in [1.29, 1.82) is 0 Å². The molecule has 0 fully saturated rings. The molecule has 1 aromatic heterocycles. The summed E-state index contributed by atoms with van der Waals surface area (Å²) in [5, 5.41) is 13.3. The van der Waals surface area contributed by atoms with E-state index in [0.29, 0.717) is 10.9 Å². The van der Waals surface area contributed by atoms with Crippen molar-refractivity contribution in [3.8, 4) is 5.88 Å². The second-order valence-electron chi connectivity index (χ2n) is 4.29. The molecule has 20 heavy (non-hydrogen) atoms. The van der Waals surface area contributed by atoms with Crippen molar-refractivity contribution in [3.05, 3.63) is 29.8 Å². The van der Waals surface area contributed by atoms with Crippen LogP contribution in [-0.4, -0.2) is 32.3 Å². The number of para-hydroxylation sites is 1. The number of benzene rings is 1. The van der Waals surface area contributed by atoms with Crippen LogP contribution >= 0.6 is 12.2 Å². The minimum atomic E-state index is -0.489. The fraction of sp³-hybridized carbons (Fsp3) is 0.0769. The molecule has 0 saturated carbocycles. The number of hydrogen-bond donors (Lipinski definition) is 2. The van der Waals surface area contributed by atoms with Crippen LogP contribution in [0.4, 0.5) is 0 Å². The maximum Gasteiger partial charge on any atom is 0.277 e. The van der Waals surface area contributed by atoms with Gasteiger partial charge in [-0.2, -0.15) is 0 Å². The SMILES string of the molecule is CC(=O)n1c(O)c(C2=NC(=S)NC2=O)c2ccccc21. The Balaban J connectivity index is 2.40. The van der Waals surface area contributed by atoms with Gasteiger partial charge in [0.2, 0.25) is 16.9 Å². The first-order valence-electron chi connectivity index (χ1n) is 5.78. The maximum absolute atomic E-state index is 11.8. The van der Waals surface area contributed by atoms with Crippen LogP contribution in [0, 0.1) is 0 Å². The minimum Gasteiger partial charge on any atom is -0.494 e. The van der Waals surface area contributed by atoms with E-state index in [2.05, 4.69) is 10.3 Å². The topological polar surface area (TPSA) is 83.7 Å². The predicted molar refractivity (Wildman–Crippen MR) is 77.2 cm³/mol. The third-order valence-corrected chi connectivity index (χ3v) is 3.24. The summed E-state index contributed by atoms with van der Waals surface area (Å²) in [4.78, 5) is 27.4. The Kier molecular flexibility index (Phi) is 2.65. The number of thiocarbonyl (C=S) groups is 1. The van der Waals surface area contributed by atoms with E-state index in [1.165, 1.54) is 6.92 Å². The van der Waals surface area contributed by atoms with E-state index >= 15 is 0 Å². The summed E-state index contributed by atoms with van der Waals surface area (Å²) in [6, 6.07) is 6.89. The Labute approximate surface area is 118 Å². The monoisotopic (exact) mass is 287 g/mol. The van der Waals surface area contributed by atoms with E-state index in [4.69, 9.17) is 12.2 Å². The second-order valence-corrected chi connectivity index (χ2v) is 4.68. The molecule has 0 unspecified atom stereocenters. The lowest BCUT2D eigenvalue weighted by Crippen LogP contribution is -2.25. The average molecular weight is 287 g/mol. The maximum atomic E-state index is 11.8. The van der Waals surface area contributed by atoms with Crippen LogP contribution in [0.2, 0.25) is 0 Å². The molecule has 1 aromatic carbocycles. The summed E-state index contributed by atoms with van der Waals surface area (Å²) in [7, 11) is 0. The normalized spacial score (nSPS) is 14.6. The van der Waals surface area contributed by atoms with Gasteiger partial charge in [0.25, 0.3) is 5.91 Å². The van der Waals surface area contributed by atoms with Gasteiger partial charge in [0, 0.05) is 12.3 Å². The van der Waals surface area contributed by atoms with Crippen LogP contribution in [-0.2, 0) is 4.79 Å². The molecule has 2 heterocycles. The fourth-order valence-corrected chi connectivity index (χ4v) is 2.47. The first-order chi connectivity index (χ1) is 9.50. The van der Waals surface area contributed by atoms with Gasteiger partial charge in [0.05, 0.1) is 11.1 Å². The fourth-order valence-electron chi connectivity index (χ4n) is 2.28. The third-order valence-electron chi connectivity index (χ3n) is 3.05. The van der Waals surface area contributed by atoms with Crippen molar-refractivity contribution in [2.45, 2.75) is 6.92 Å². The predicted octanol–water partition coefficient (Wildman–Crippen LogP) is 1.21. The molecule has 2 aromatic rings. The van der Waals surface area contributed by atoms with Gasteiger partial charge in [-0.3, -0.25) is 19.5 Å². The van der Waals surface area contributed by atoms with Crippen molar-refractivity contribution < 1.29 is 14.7 Å². The number of carbonyl (C=O) groups excluding carboxylic acids is 2. The Hall–Kier alpha value is -2.54. The van der Waals surface area contributed by atoms with Crippen molar-refractivity contribution in [2.75, 3.05) is 0 Å². The van der Waals surface area contributed by atoms with Gasteiger partial charge in [-0.1, -0.05) is 18.2 Å². The molecule has 100 valence electrons. The summed E-state index contributed by atoms with van der Waals surface area (Å²) in [6.07, 6.45) is 0. The van der Waals surface area contributed by atoms with Crippen LogP contribution in [0.15, 0.2) is 29.3 Å². The highest BCUT2D eigenvalue weighted by atomic mass is 32.1. The van der Waals surface area contributed by atoms with E-state index in [1.807, 2.05) is 0 Å². The quantitative estimate of drug-likeness (QED) is 0.772. The minimum absolute atomic E-state index is 0.0173. The third kappa shape index (κ3) is 1.64. The molecular formula is C13H9N3O3S. The Morgan fingerprint density at radius 1 is 1.40 bits per heavy atom. The highest BCUT2D eigenvalue weighted by Crippen LogP contribution is 2.32. The average Bonchev–Trinajstić information content (AvgIpc) is 2.85. The van der Waals surface area contributed by atoms with Gasteiger partial charge < -0.3 is 5.11 Å². The van der Waals surface area contributed by atoms with Crippen LogP contribution in [0.25, 0.3) is 10.9 Å². The van der Waals surface area contributed by atoms with Gasteiger partial charge in [0.1, 0.15) is 5.71 Å². The molecule has 0 atom stereocenters. The Morgan fingerprint density at radius 2 is 2.10 bits per heavy atom. The van der Waals surface area contributed by atoms with E-state index in [1.54, 1.807) is 24.3 Å². The Morgan fingerprint density at radius 3 is 2.70 bits per heavy atom. The number of fused-ring (bicyclic) bond motifs is 1. The number of hydrogen-bond acceptors (Lipinski definition) is 4. The van der Waals surface area contributed by atoms with E-state index in [-0.39, 0.29) is 28.2 Å². The summed E-state index contributed by atoms with van der Waals surface area (Å²) in [5.74, 6) is -1.15. The van der Waals surface area contributed by atoms with Gasteiger partial charge in [-0.25, -0.2) is 4.99 Å². The molecule has 1 aliphatic rings. The van der Waals surface area contributed by atoms with Crippen molar-refractivity contribution in [1.82, 2.24) is 9.88 Å². The van der Waals surface area contributed by atoms with Crippen molar-refractivity contribution in [3.63, 3.8) is 0 Å². The molecule has 0 spiro atoms. The molecule has 0 saturated heterocycles. The molecular weight excluding hydrogens is 278 g/mol. The van der Waals surface area contributed by atoms with Crippen molar-refractivity contribution in [2.24, 2.45) is 4.99 Å². The highest BCUT2D eigenvalue weighted by Gasteiger charge is 2.30. The van der Waals surface area contributed by atoms with Crippen LogP contribution in [0.1, 0.15) is 17.3 Å². The zero-order valence-corrected chi connectivity index (χ0v) is 11.2. The molecule has 3 rings (SSSR count). The first kappa shape index (κ1) is 12.5. The lowest BCUT2D eigenvalue weighted by atomic mass is 10.1. The molecule has 1 aliphatic heterocycles. The Bertz CT molecular complexity index is 820. The molecule has 0 bridgehead atoms. The van der Waals surface area contributed by atoms with Crippen LogP contribution in [0.3, 0.4) is 0 Å². The van der Waals surface area contributed by atoms with Gasteiger partial charge >= 0.3 is 0 Å².